The third-order valence-electron chi connectivity index (χ3n) is 4.49. The van der Waals surface area contributed by atoms with E-state index in [1.54, 1.807) is 0 Å². The molecule has 0 saturated heterocycles. The van der Waals surface area contributed by atoms with Crippen LogP contribution in [0.2, 0.25) is 0 Å². The van der Waals surface area contributed by atoms with Gasteiger partial charge in [0.2, 0.25) is 5.91 Å². The second-order valence-electron chi connectivity index (χ2n) is 5.67. The minimum Gasteiger partial charge on any atom is -0.354 e. The molecule has 0 spiro atoms. The molecule has 1 aliphatic rings. The van der Waals surface area contributed by atoms with E-state index in [0.717, 1.165) is 18.5 Å². The van der Waals surface area contributed by atoms with E-state index in [1.807, 2.05) is 30.3 Å². The molecule has 3 heteroatoms. The van der Waals surface area contributed by atoms with E-state index in [1.165, 1.54) is 25.7 Å². The minimum atomic E-state index is -0.559. The SMILES string of the molecule is CCC1(CNC(=O)[C@H](N)c2ccccc2)CCCC1. The normalized spacial score (nSPS) is 19.1. The molecule has 1 aromatic rings. The number of nitrogens with one attached hydrogen (secondary N) is 1. The van der Waals surface area contributed by atoms with Crippen LogP contribution in [0.1, 0.15) is 50.6 Å². The van der Waals surface area contributed by atoms with E-state index >= 15 is 0 Å². The van der Waals surface area contributed by atoms with E-state index in [9.17, 15) is 4.79 Å². The van der Waals surface area contributed by atoms with Crippen molar-refractivity contribution >= 4 is 5.91 Å². The quantitative estimate of drug-likeness (QED) is 0.855. The summed E-state index contributed by atoms with van der Waals surface area (Å²) in [7, 11) is 0. The molecule has 3 nitrogen and oxygen atoms in total. The molecule has 0 aliphatic heterocycles. The van der Waals surface area contributed by atoms with Crippen LogP contribution in [-0.2, 0) is 4.79 Å². The average molecular weight is 260 g/mol. The summed E-state index contributed by atoms with van der Waals surface area (Å²) in [5, 5.41) is 3.05. The van der Waals surface area contributed by atoms with Gasteiger partial charge in [0.15, 0.2) is 0 Å². The fraction of sp³-hybridized carbons (Fsp3) is 0.562. The molecule has 19 heavy (non-hydrogen) atoms. The Balaban J connectivity index is 1.91. The van der Waals surface area contributed by atoms with Crippen LogP contribution < -0.4 is 11.1 Å². The van der Waals surface area contributed by atoms with Gasteiger partial charge < -0.3 is 11.1 Å². The molecule has 0 unspecified atom stereocenters. The van der Waals surface area contributed by atoms with Crippen LogP contribution >= 0.6 is 0 Å². The van der Waals surface area contributed by atoms with Gasteiger partial charge in [-0.1, -0.05) is 50.1 Å². The van der Waals surface area contributed by atoms with E-state index < -0.39 is 6.04 Å². The third kappa shape index (κ3) is 3.35. The zero-order valence-corrected chi connectivity index (χ0v) is 11.7. The molecule has 1 fully saturated rings. The maximum atomic E-state index is 12.1. The standard InChI is InChI=1S/C16H24N2O/c1-2-16(10-6-7-11-16)12-18-15(19)14(17)13-8-4-3-5-9-13/h3-5,8-9,14H,2,6-7,10-12,17H2,1H3,(H,18,19)/t14-/m1/s1. The summed E-state index contributed by atoms with van der Waals surface area (Å²) >= 11 is 0. The molecule has 0 bridgehead atoms. The topological polar surface area (TPSA) is 55.1 Å². The number of hydrogen-bond donors (Lipinski definition) is 2. The third-order valence-corrected chi connectivity index (χ3v) is 4.49. The highest BCUT2D eigenvalue weighted by Gasteiger charge is 2.32. The monoisotopic (exact) mass is 260 g/mol. The number of amides is 1. The van der Waals surface area contributed by atoms with Gasteiger partial charge >= 0.3 is 0 Å². The van der Waals surface area contributed by atoms with Gasteiger partial charge in [-0.3, -0.25) is 4.79 Å². The summed E-state index contributed by atoms with van der Waals surface area (Å²) in [6.45, 7) is 2.98. The summed E-state index contributed by atoms with van der Waals surface area (Å²) in [6, 6.07) is 8.99. The van der Waals surface area contributed by atoms with E-state index in [4.69, 9.17) is 5.73 Å². The maximum Gasteiger partial charge on any atom is 0.241 e. The second kappa shape index (κ2) is 6.20. The lowest BCUT2D eigenvalue weighted by Crippen LogP contribution is -2.40. The van der Waals surface area contributed by atoms with Crippen molar-refractivity contribution in [2.24, 2.45) is 11.1 Å². The van der Waals surface area contributed by atoms with Crippen molar-refractivity contribution in [1.82, 2.24) is 5.32 Å². The molecule has 1 amide bonds. The lowest BCUT2D eigenvalue weighted by atomic mass is 9.83. The van der Waals surface area contributed by atoms with Crippen LogP contribution in [0.25, 0.3) is 0 Å². The van der Waals surface area contributed by atoms with Crippen LogP contribution in [0.15, 0.2) is 30.3 Å². The summed E-state index contributed by atoms with van der Waals surface area (Å²) in [5.74, 6) is -0.0640. The summed E-state index contributed by atoms with van der Waals surface area (Å²) in [6.07, 6.45) is 6.16. The van der Waals surface area contributed by atoms with Gasteiger partial charge in [0.1, 0.15) is 6.04 Å². The Labute approximate surface area is 115 Å². The van der Waals surface area contributed by atoms with E-state index in [-0.39, 0.29) is 5.91 Å². The predicted octanol–water partition coefficient (Wildman–Crippen LogP) is 2.77. The fourth-order valence-electron chi connectivity index (χ4n) is 2.98. The van der Waals surface area contributed by atoms with Gasteiger partial charge in [-0.2, -0.15) is 0 Å². The Morgan fingerprint density at radius 3 is 2.53 bits per heavy atom. The molecule has 0 radical (unpaired) electrons. The highest BCUT2D eigenvalue weighted by atomic mass is 16.2. The van der Waals surface area contributed by atoms with Crippen molar-refractivity contribution in [2.75, 3.05) is 6.54 Å². The molecular weight excluding hydrogens is 236 g/mol. The number of carbonyl (C=O) groups excluding carboxylic acids is 1. The molecule has 0 heterocycles. The Morgan fingerprint density at radius 1 is 1.32 bits per heavy atom. The lowest BCUT2D eigenvalue weighted by Gasteiger charge is -2.28. The van der Waals surface area contributed by atoms with Gasteiger partial charge in [-0.05, 0) is 30.2 Å². The first-order valence-corrected chi connectivity index (χ1v) is 7.25. The zero-order valence-electron chi connectivity index (χ0n) is 11.7. The van der Waals surface area contributed by atoms with Gasteiger partial charge in [-0.15, -0.1) is 0 Å². The van der Waals surface area contributed by atoms with Crippen molar-refractivity contribution < 1.29 is 4.79 Å². The highest BCUT2D eigenvalue weighted by Crippen LogP contribution is 2.40. The first kappa shape index (κ1) is 14.1. The van der Waals surface area contributed by atoms with Crippen LogP contribution in [0, 0.1) is 5.41 Å². The van der Waals surface area contributed by atoms with Gasteiger partial charge in [0, 0.05) is 6.54 Å². The summed E-state index contributed by atoms with van der Waals surface area (Å²) < 4.78 is 0. The first-order chi connectivity index (χ1) is 9.17. The van der Waals surface area contributed by atoms with Gasteiger partial charge in [-0.25, -0.2) is 0 Å². The molecule has 1 saturated carbocycles. The van der Waals surface area contributed by atoms with Crippen LogP contribution in [0.3, 0.4) is 0 Å². The molecule has 104 valence electrons. The minimum absolute atomic E-state index is 0.0640. The second-order valence-corrected chi connectivity index (χ2v) is 5.67. The van der Waals surface area contributed by atoms with Crippen molar-refractivity contribution in [3.8, 4) is 0 Å². The van der Waals surface area contributed by atoms with E-state index in [2.05, 4.69) is 12.2 Å². The first-order valence-electron chi connectivity index (χ1n) is 7.25. The molecular formula is C16H24N2O. The lowest BCUT2D eigenvalue weighted by molar-refractivity contribution is -0.123. The average Bonchev–Trinajstić information content (AvgIpc) is 2.94. The number of nitrogens with two attached hydrogens (primary N) is 1. The Kier molecular flexibility index (Phi) is 4.59. The highest BCUT2D eigenvalue weighted by molar-refractivity contribution is 5.82. The Bertz CT molecular complexity index is 410. The summed E-state index contributed by atoms with van der Waals surface area (Å²) in [4.78, 5) is 12.1. The molecule has 1 aliphatic carbocycles. The Morgan fingerprint density at radius 2 is 1.95 bits per heavy atom. The van der Waals surface area contributed by atoms with Crippen molar-refractivity contribution in [1.29, 1.82) is 0 Å². The maximum absolute atomic E-state index is 12.1. The fourth-order valence-corrected chi connectivity index (χ4v) is 2.98. The van der Waals surface area contributed by atoms with Crippen LogP contribution in [0.4, 0.5) is 0 Å². The molecule has 1 atom stereocenters. The van der Waals surface area contributed by atoms with Crippen molar-refractivity contribution in [2.45, 2.75) is 45.1 Å². The van der Waals surface area contributed by atoms with Crippen molar-refractivity contribution in [3.63, 3.8) is 0 Å². The Hall–Kier alpha value is -1.35. The van der Waals surface area contributed by atoms with E-state index in [0.29, 0.717) is 5.41 Å². The van der Waals surface area contributed by atoms with Gasteiger partial charge in [0.05, 0.1) is 0 Å². The summed E-state index contributed by atoms with van der Waals surface area (Å²) in [5.41, 5.74) is 7.18. The molecule has 2 rings (SSSR count). The molecule has 0 aromatic heterocycles. The zero-order chi connectivity index (χ0) is 13.7. The molecule has 1 aromatic carbocycles. The smallest absolute Gasteiger partial charge is 0.241 e. The number of benzene rings is 1. The number of carbonyl (C=O) groups is 1. The van der Waals surface area contributed by atoms with Crippen LogP contribution in [-0.4, -0.2) is 12.5 Å². The van der Waals surface area contributed by atoms with Gasteiger partial charge in [0.25, 0.3) is 0 Å². The molecule has 3 N–H and O–H groups in total. The number of rotatable bonds is 5. The number of hydrogen-bond acceptors (Lipinski definition) is 2. The van der Waals surface area contributed by atoms with Crippen LogP contribution in [0.5, 0.6) is 0 Å². The van der Waals surface area contributed by atoms with Crippen molar-refractivity contribution in [3.05, 3.63) is 35.9 Å². The largest absolute Gasteiger partial charge is 0.354 e. The predicted molar refractivity (Wildman–Crippen MR) is 77.6 cm³/mol.